The summed E-state index contributed by atoms with van der Waals surface area (Å²) in [6.45, 7) is 2.11. The van der Waals surface area contributed by atoms with E-state index in [9.17, 15) is 22.8 Å². The Hall–Kier alpha value is -1.94. The highest BCUT2D eigenvalue weighted by atomic mass is 32.2. The molecule has 0 spiro atoms. The number of carbonyl (C=O) groups excluding carboxylic acids is 1. The van der Waals surface area contributed by atoms with Crippen molar-refractivity contribution in [3.63, 3.8) is 0 Å². The highest BCUT2D eigenvalue weighted by Gasteiger charge is 2.36. The maximum atomic E-state index is 12.7. The first-order valence-corrected chi connectivity index (χ1v) is 8.79. The van der Waals surface area contributed by atoms with Gasteiger partial charge in [-0.25, -0.2) is 13.2 Å². The van der Waals surface area contributed by atoms with Crippen LogP contribution in [0.4, 0.5) is 0 Å². The number of rotatable bonds is 5. The van der Waals surface area contributed by atoms with Crippen LogP contribution in [0.1, 0.15) is 32.6 Å². The average molecular weight is 345 g/mol. The molecule has 0 aliphatic carbocycles. The number of hydrogen-bond acceptors (Lipinski definition) is 6. The van der Waals surface area contributed by atoms with Crippen LogP contribution in [0.2, 0.25) is 0 Å². The van der Waals surface area contributed by atoms with Gasteiger partial charge in [-0.2, -0.15) is 4.31 Å². The van der Waals surface area contributed by atoms with Gasteiger partial charge in [-0.15, -0.1) is 0 Å². The van der Waals surface area contributed by atoms with Crippen molar-refractivity contribution in [1.29, 1.82) is 0 Å². The lowest BCUT2D eigenvalue weighted by Gasteiger charge is -2.33. The minimum atomic E-state index is -4.11. The van der Waals surface area contributed by atoms with Crippen molar-refractivity contribution >= 4 is 16.0 Å². The first-order chi connectivity index (χ1) is 10.9. The first-order valence-electron chi connectivity index (χ1n) is 7.35. The molecule has 0 bridgehead atoms. The number of H-pyrrole nitrogens is 2. The Morgan fingerprint density at radius 3 is 2.78 bits per heavy atom. The van der Waals surface area contributed by atoms with Crippen LogP contribution in [-0.2, 0) is 19.6 Å². The molecule has 0 saturated carbocycles. The van der Waals surface area contributed by atoms with Crippen LogP contribution in [-0.4, -0.2) is 47.9 Å². The molecule has 2 rings (SSSR count). The minimum absolute atomic E-state index is 0.0612. The summed E-state index contributed by atoms with van der Waals surface area (Å²) in [5.41, 5.74) is -1.76. The molecule has 2 N–H and O–H groups in total. The van der Waals surface area contributed by atoms with E-state index in [0.717, 1.165) is 16.9 Å². The molecular formula is C13H19N3O6S. The second kappa shape index (κ2) is 7.09. The van der Waals surface area contributed by atoms with E-state index in [-0.39, 0.29) is 19.6 Å². The zero-order valence-electron chi connectivity index (χ0n) is 12.7. The Balaban J connectivity index is 2.33. The average Bonchev–Trinajstić information content (AvgIpc) is 2.47. The van der Waals surface area contributed by atoms with Gasteiger partial charge < -0.3 is 9.72 Å². The molecule has 1 aliphatic rings. The van der Waals surface area contributed by atoms with E-state index in [1.165, 1.54) is 0 Å². The highest BCUT2D eigenvalue weighted by molar-refractivity contribution is 7.89. The van der Waals surface area contributed by atoms with E-state index in [4.69, 9.17) is 4.74 Å². The summed E-state index contributed by atoms with van der Waals surface area (Å²) >= 11 is 0. The Morgan fingerprint density at radius 2 is 2.13 bits per heavy atom. The quantitative estimate of drug-likeness (QED) is 0.696. The van der Waals surface area contributed by atoms with Gasteiger partial charge in [0.05, 0.1) is 13.0 Å². The Morgan fingerprint density at radius 1 is 1.39 bits per heavy atom. The topological polar surface area (TPSA) is 129 Å². The van der Waals surface area contributed by atoms with Crippen LogP contribution in [0.5, 0.6) is 0 Å². The van der Waals surface area contributed by atoms with Crippen molar-refractivity contribution < 1.29 is 17.9 Å². The number of aromatic amines is 2. The maximum Gasteiger partial charge on any atom is 0.325 e. The third-order valence-corrected chi connectivity index (χ3v) is 5.61. The third-order valence-electron chi connectivity index (χ3n) is 3.65. The Kier molecular flexibility index (Phi) is 5.37. The molecular weight excluding hydrogens is 326 g/mol. The molecule has 1 saturated heterocycles. The van der Waals surface area contributed by atoms with Crippen LogP contribution in [0.25, 0.3) is 0 Å². The number of esters is 1. The normalized spacial score (nSPS) is 19.4. The molecule has 128 valence electrons. The Bertz CT molecular complexity index is 781. The number of nitrogens with zero attached hydrogens (tertiary/aromatic N) is 1. The van der Waals surface area contributed by atoms with Crippen LogP contribution in [0, 0.1) is 0 Å². The van der Waals surface area contributed by atoms with Gasteiger partial charge in [-0.1, -0.05) is 6.42 Å². The summed E-state index contributed by atoms with van der Waals surface area (Å²) in [6, 6.07) is -0.556. The highest BCUT2D eigenvalue weighted by Crippen LogP contribution is 2.25. The molecule has 2 heterocycles. The lowest BCUT2D eigenvalue weighted by molar-refractivity contribution is -0.144. The number of hydrogen-bond donors (Lipinski definition) is 2. The van der Waals surface area contributed by atoms with Gasteiger partial charge in [0.1, 0.15) is 0 Å². The molecule has 0 aromatic carbocycles. The number of ether oxygens (including phenoxy) is 1. The summed E-state index contributed by atoms with van der Waals surface area (Å²) < 4.78 is 31.4. The largest absolute Gasteiger partial charge is 0.466 e. The zero-order chi connectivity index (χ0) is 17.0. The number of carbonyl (C=O) groups is 1. The number of aromatic nitrogens is 2. The van der Waals surface area contributed by atoms with Crippen molar-refractivity contribution in [2.45, 2.75) is 43.5 Å². The molecule has 1 aromatic heterocycles. The fourth-order valence-corrected chi connectivity index (χ4v) is 4.31. The summed E-state index contributed by atoms with van der Waals surface area (Å²) in [7, 11) is -4.11. The smallest absolute Gasteiger partial charge is 0.325 e. The van der Waals surface area contributed by atoms with Crippen molar-refractivity contribution in [1.82, 2.24) is 14.3 Å². The van der Waals surface area contributed by atoms with E-state index in [2.05, 4.69) is 4.98 Å². The minimum Gasteiger partial charge on any atom is -0.466 e. The number of piperidine rings is 1. The molecule has 1 aliphatic heterocycles. The van der Waals surface area contributed by atoms with Gasteiger partial charge >= 0.3 is 11.7 Å². The van der Waals surface area contributed by atoms with Crippen molar-refractivity contribution in [3.05, 3.63) is 27.0 Å². The lowest BCUT2D eigenvalue weighted by Crippen LogP contribution is -2.46. The molecule has 0 radical (unpaired) electrons. The van der Waals surface area contributed by atoms with Gasteiger partial charge in [-0.05, 0) is 19.8 Å². The fraction of sp³-hybridized carbons (Fsp3) is 0.615. The second-order valence-corrected chi connectivity index (χ2v) is 7.07. The van der Waals surface area contributed by atoms with Gasteiger partial charge in [-0.3, -0.25) is 14.6 Å². The number of nitrogens with one attached hydrogen (secondary N) is 2. The van der Waals surface area contributed by atoms with Crippen molar-refractivity contribution in [2.24, 2.45) is 0 Å². The van der Waals surface area contributed by atoms with E-state index < -0.39 is 38.2 Å². The molecule has 1 fully saturated rings. The first kappa shape index (κ1) is 17.4. The van der Waals surface area contributed by atoms with Gasteiger partial charge in [0.25, 0.3) is 5.56 Å². The molecule has 9 nitrogen and oxygen atoms in total. The predicted octanol–water partition coefficient (Wildman–Crippen LogP) is -0.440. The monoisotopic (exact) mass is 345 g/mol. The van der Waals surface area contributed by atoms with E-state index >= 15 is 0 Å². The van der Waals surface area contributed by atoms with E-state index in [0.29, 0.717) is 12.8 Å². The molecule has 1 atom stereocenters. The Labute approximate surface area is 132 Å². The summed E-state index contributed by atoms with van der Waals surface area (Å²) in [6.07, 6.45) is 2.76. The van der Waals surface area contributed by atoms with Crippen LogP contribution >= 0.6 is 0 Å². The lowest BCUT2D eigenvalue weighted by atomic mass is 10.0. The second-order valence-electron chi connectivity index (χ2n) is 5.21. The molecule has 1 aromatic rings. The van der Waals surface area contributed by atoms with Crippen molar-refractivity contribution in [2.75, 3.05) is 13.2 Å². The molecule has 0 unspecified atom stereocenters. The van der Waals surface area contributed by atoms with Gasteiger partial charge in [0, 0.05) is 18.8 Å². The van der Waals surface area contributed by atoms with E-state index in [1.807, 2.05) is 4.98 Å². The molecule has 0 amide bonds. The third kappa shape index (κ3) is 3.88. The maximum absolute atomic E-state index is 12.7. The standard InChI is InChI=1S/C13H19N3O6S/c1-2-22-11(17)7-9-5-3-4-6-16(9)23(20,21)10-8-14-13(19)15-12(10)18/h8-9H,2-7H2,1H3,(H2,14,15,18,19)/t9-/m1/s1. The van der Waals surface area contributed by atoms with E-state index in [1.54, 1.807) is 6.92 Å². The summed E-state index contributed by atoms with van der Waals surface area (Å²) in [5, 5.41) is 0. The zero-order valence-corrected chi connectivity index (χ0v) is 13.5. The van der Waals surface area contributed by atoms with Crippen LogP contribution in [0.3, 0.4) is 0 Å². The molecule has 10 heteroatoms. The van der Waals surface area contributed by atoms with Crippen LogP contribution in [0.15, 0.2) is 20.7 Å². The summed E-state index contributed by atoms with van der Waals surface area (Å²) in [5.74, 6) is -0.477. The van der Waals surface area contributed by atoms with Crippen LogP contribution < -0.4 is 11.2 Å². The number of sulfonamides is 1. The van der Waals surface area contributed by atoms with Crippen molar-refractivity contribution in [3.8, 4) is 0 Å². The fourth-order valence-electron chi connectivity index (χ4n) is 2.62. The molecule has 23 heavy (non-hydrogen) atoms. The SMILES string of the molecule is CCOC(=O)C[C@H]1CCCCN1S(=O)(=O)c1c[nH]c(=O)[nH]c1=O. The van der Waals surface area contributed by atoms with Gasteiger partial charge in [0.2, 0.25) is 10.0 Å². The van der Waals surface area contributed by atoms with Gasteiger partial charge in [0.15, 0.2) is 4.90 Å². The predicted molar refractivity (Wildman–Crippen MR) is 80.5 cm³/mol. The summed E-state index contributed by atoms with van der Waals surface area (Å²) in [4.78, 5) is 38.0.